The van der Waals surface area contributed by atoms with Gasteiger partial charge >= 0.3 is 0 Å². The number of aromatic nitrogens is 1. The van der Waals surface area contributed by atoms with Crippen molar-refractivity contribution in [2.24, 2.45) is 7.05 Å². The number of benzene rings is 1. The summed E-state index contributed by atoms with van der Waals surface area (Å²) in [6.07, 6.45) is 1.66. The molecule has 0 bridgehead atoms. The Kier molecular flexibility index (Phi) is 2.77. The number of nitrogens with zero attached hydrogens (tertiary/aromatic N) is 1. The second-order valence-electron chi connectivity index (χ2n) is 4.02. The van der Waals surface area contributed by atoms with E-state index < -0.39 is 0 Å². The lowest BCUT2D eigenvalue weighted by Crippen LogP contribution is -1.94. The Balaban J connectivity index is 2.56. The Labute approximate surface area is 93.7 Å². The number of hydrogen-bond acceptors (Lipinski definition) is 1. The summed E-state index contributed by atoms with van der Waals surface area (Å²) in [6.45, 7) is 1.95. The number of aryl methyl sites for hydroxylation is 3. The molecule has 3 heteroatoms. The fourth-order valence-corrected chi connectivity index (χ4v) is 1.96. The van der Waals surface area contributed by atoms with Gasteiger partial charge in [-0.05, 0) is 31.0 Å². The first-order valence-electron chi connectivity index (χ1n) is 5.32. The third-order valence-electron chi connectivity index (χ3n) is 3.01. The average Bonchev–Trinajstić information content (AvgIpc) is 2.56. The molecule has 0 aliphatic rings. The van der Waals surface area contributed by atoms with Crippen LogP contribution < -0.4 is 0 Å². The third-order valence-corrected chi connectivity index (χ3v) is 3.01. The van der Waals surface area contributed by atoms with Gasteiger partial charge in [0.05, 0.1) is 5.52 Å². The van der Waals surface area contributed by atoms with E-state index >= 15 is 0 Å². The van der Waals surface area contributed by atoms with Gasteiger partial charge in [0.1, 0.15) is 12.1 Å². The monoisotopic (exact) mass is 219 g/mol. The minimum Gasteiger partial charge on any atom is -0.348 e. The fourth-order valence-electron chi connectivity index (χ4n) is 1.96. The maximum Gasteiger partial charge on any atom is 0.135 e. The van der Waals surface area contributed by atoms with Gasteiger partial charge in [0, 0.05) is 24.5 Å². The fraction of sp³-hybridized carbons (Fsp3) is 0.308. The first-order valence-corrected chi connectivity index (χ1v) is 5.32. The molecule has 84 valence electrons. The van der Waals surface area contributed by atoms with Crippen LogP contribution in [0.15, 0.2) is 18.2 Å². The summed E-state index contributed by atoms with van der Waals surface area (Å²) < 4.78 is 16.0. The molecule has 0 saturated carbocycles. The van der Waals surface area contributed by atoms with Crippen LogP contribution in [0.1, 0.15) is 17.7 Å². The second-order valence-corrected chi connectivity index (χ2v) is 4.02. The van der Waals surface area contributed by atoms with E-state index in [2.05, 4.69) is 0 Å². The van der Waals surface area contributed by atoms with Gasteiger partial charge in [0.15, 0.2) is 0 Å². The molecule has 16 heavy (non-hydrogen) atoms. The minimum absolute atomic E-state index is 0.192. The highest BCUT2D eigenvalue weighted by Crippen LogP contribution is 2.24. The van der Waals surface area contributed by atoms with Crippen molar-refractivity contribution in [2.75, 3.05) is 0 Å². The summed E-state index contributed by atoms with van der Waals surface area (Å²) in [5.41, 5.74) is 2.54. The van der Waals surface area contributed by atoms with Crippen LogP contribution in [0.3, 0.4) is 0 Å². The summed E-state index contributed by atoms with van der Waals surface area (Å²) in [4.78, 5) is 10.3. The molecule has 0 fully saturated rings. The molecule has 1 aromatic heterocycles. The number of carbonyl (C=O) groups excluding carboxylic acids is 1. The Bertz CT molecular complexity index is 542. The number of hydrogen-bond donors (Lipinski definition) is 0. The van der Waals surface area contributed by atoms with E-state index in [9.17, 15) is 9.18 Å². The summed E-state index contributed by atoms with van der Waals surface area (Å²) >= 11 is 0. The molecule has 1 heterocycles. The number of fused-ring (bicyclic) bond motifs is 1. The number of aldehydes is 1. The van der Waals surface area contributed by atoms with Gasteiger partial charge in [-0.25, -0.2) is 4.39 Å². The van der Waals surface area contributed by atoms with Crippen molar-refractivity contribution >= 4 is 17.2 Å². The van der Waals surface area contributed by atoms with E-state index in [1.54, 1.807) is 6.07 Å². The van der Waals surface area contributed by atoms with Crippen molar-refractivity contribution < 1.29 is 9.18 Å². The Hall–Kier alpha value is -1.64. The number of rotatable bonds is 3. The van der Waals surface area contributed by atoms with Crippen molar-refractivity contribution in [2.45, 2.75) is 19.8 Å². The quantitative estimate of drug-likeness (QED) is 0.727. The molecule has 0 amide bonds. The molecule has 2 rings (SSSR count). The molecule has 2 nitrogen and oxygen atoms in total. The lowest BCUT2D eigenvalue weighted by molar-refractivity contribution is -0.107. The standard InChI is InChI=1S/C13H14FNO/c1-9-8-11-12(15(9)2)6-5-10(13(11)14)4-3-7-16/h5-8H,3-4H2,1-2H3. The largest absolute Gasteiger partial charge is 0.348 e. The topological polar surface area (TPSA) is 22.0 Å². The molecule has 2 aromatic rings. The highest BCUT2D eigenvalue weighted by atomic mass is 19.1. The smallest absolute Gasteiger partial charge is 0.135 e. The van der Waals surface area contributed by atoms with Crippen LogP contribution in [0.4, 0.5) is 4.39 Å². The van der Waals surface area contributed by atoms with Gasteiger partial charge in [-0.1, -0.05) is 6.07 Å². The van der Waals surface area contributed by atoms with E-state index in [-0.39, 0.29) is 5.82 Å². The first-order chi connectivity index (χ1) is 7.65. The van der Waals surface area contributed by atoms with Gasteiger partial charge in [0.2, 0.25) is 0 Å². The van der Waals surface area contributed by atoms with Gasteiger partial charge < -0.3 is 9.36 Å². The molecule has 0 N–H and O–H groups in total. The Morgan fingerprint density at radius 3 is 2.88 bits per heavy atom. The maximum absolute atomic E-state index is 14.1. The maximum atomic E-state index is 14.1. The molecule has 1 aromatic carbocycles. The normalized spacial score (nSPS) is 10.9. The molecular formula is C13H14FNO. The van der Waals surface area contributed by atoms with Crippen LogP contribution in [-0.2, 0) is 18.3 Å². The highest BCUT2D eigenvalue weighted by Gasteiger charge is 2.10. The number of carbonyl (C=O) groups is 1. The lowest BCUT2D eigenvalue weighted by Gasteiger charge is -2.03. The summed E-state index contributed by atoms with van der Waals surface area (Å²) in [5.74, 6) is -0.192. The van der Waals surface area contributed by atoms with E-state index in [0.717, 1.165) is 17.5 Å². The SMILES string of the molecule is Cc1cc2c(F)c(CCC=O)ccc2n1C. The van der Waals surface area contributed by atoms with Crippen molar-refractivity contribution in [3.05, 3.63) is 35.3 Å². The van der Waals surface area contributed by atoms with Crippen LogP contribution in [-0.4, -0.2) is 10.9 Å². The van der Waals surface area contributed by atoms with Crippen molar-refractivity contribution in [3.63, 3.8) is 0 Å². The summed E-state index contributed by atoms with van der Waals surface area (Å²) in [6, 6.07) is 5.52. The second kappa shape index (κ2) is 4.08. The highest BCUT2D eigenvalue weighted by molar-refractivity contribution is 5.82. The van der Waals surface area contributed by atoms with Crippen LogP contribution in [0.5, 0.6) is 0 Å². The summed E-state index contributed by atoms with van der Waals surface area (Å²) in [5, 5.41) is 0.642. The van der Waals surface area contributed by atoms with Crippen LogP contribution >= 0.6 is 0 Å². The molecule has 0 aliphatic heterocycles. The predicted octanol–water partition coefficient (Wildman–Crippen LogP) is 2.76. The lowest BCUT2D eigenvalue weighted by atomic mass is 10.1. The van der Waals surface area contributed by atoms with Gasteiger partial charge in [-0.3, -0.25) is 0 Å². The van der Waals surface area contributed by atoms with Crippen LogP contribution in [0.2, 0.25) is 0 Å². The zero-order valence-corrected chi connectivity index (χ0v) is 9.46. The zero-order chi connectivity index (χ0) is 11.7. The molecule has 0 unspecified atom stereocenters. The number of halogens is 1. The van der Waals surface area contributed by atoms with Crippen molar-refractivity contribution in [1.82, 2.24) is 4.57 Å². The van der Waals surface area contributed by atoms with Crippen LogP contribution in [0, 0.1) is 12.7 Å². The van der Waals surface area contributed by atoms with E-state index in [4.69, 9.17) is 0 Å². The Morgan fingerprint density at radius 1 is 1.44 bits per heavy atom. The molecular weight excluding hydrogens is 205 g/mol. The first kappa shape index (κ1) is 10.9. The van der Waals surface area contributed by atoms with E-state index in [0.29, 0.717) is 23.8 Å². The van der Waals surface area contributed by atoms with Gasteiger partial charge in [0.25, 0.3) is 0 Å². The third kappa shape index (κ3) is 1.62. The Morgan fingerprint density at radius 2 is 2.19 bits per heavy atom. The molecule has 0 atom stereocenters. The minimum atomic E-state index is -0.192. The van der Waals surface area contributed by atoms with Gasteiger partial charge in [-0.2, -0.15) is 0 Å². The molecule has 0 spiro atoms. The van der Waals surface area contributed by atoms with Crippen molar-refractivity contribution in [3.8, 4) is 0 Å². The summed E-state index contributed by atoms with van der Waals surface area (Å²) in [7, 11) is 1.92. The van der Waals surface area contributed by atoms with Crippen molar-refractivity contribution in [1.29, 1.82) is 0 Å². The van der Waals surface area contributed by atoms with E-state index in [1.807, 2.05) is 30.7 Å². The molecule has 0 saturated heterocycles. The molecule has 0 aliphatic carbocycles. The zero-order valence-electron chi connectivity index (χ0n) is 9.46. The molecule has 0 radical (unpaired) electrons. The predicted molar refractivity (Wildman–Crippen MR) is 62.0 cm³/mol. The van der Waals surface area contributed by atoms with E-state index in [1.165, 1.54) is 0 Å². The van der Waals surface area contributed by atoms with Crippen LogP contribution in [0.25, 0.3) is 10.9 Å². The van der Waals surface area contributed by atoms with Gasteiger partial charge in [-0.15, -0.1) is 0 Å². The average molecular weight is 219 g/mol.